The fourth-order valence-corrected chi connectivity index (χ4v) is 4.86. The van der Waals surface area contributed by atoms with Crippen molar-refractivity contribution in [3.8, 4) is 0 Å². The fourth-order valence-electron chi connectivity index (χ4n) is 4.70. The summed E-state index contributed by atoms with van der Waals surface area (Å²) in [6.45, 7) is 9.52. The van der Waals surface area contributed by atoms with Gasteiger partial charge in [-0.05, 0) is 55.3 Å². The normalized spacial score (nSPS) is 21.6. The van der Waals surface area contributed by atoms with Gasteiger partial charge >= 0.3 is 0 Å². The van der Waals surface area contributed by atoms with Crippen LogP contribution in [0.5, 0.6) is 0 Å². The maximum atomic E-state index is 5.54. The SMILES string of the molecule is C[C@@H]1C[C@H](C)CN(c2cc(N3CCCCC3)nc(NC(=S)NCc3ccccc3)n2)C1. The zero-order chi connectivity index (χ0) is 21.6. The average Bonchev–Trinajstić information content (AvgIpc) is 2.78. The van der Waals surface area contributed by atoms with Crippen molar-refractivity contribution in [2.45, 2.75) is 46.1 Å². The van der Waals surface area contributed by atoms with E-state index in [1.165, 1.54) is 31.2 Å². The van der Waals surface area contributed by atoms with Gasteiger partial charge < -0.3 is 20.4 Å². The van der Waals surface area contributed by atoms with Gasteiger partial charge in [-0.15, -0.1) is 0 Å². The van der Waals surface area contributed by atoms with E-state index in [9.17, 15) is 0 Å². The molecule has 2 aromatic rings. The van der Waals surface area contributed by atoms with Crippen LogP contribution in [-0.2, 0) is 6.54 Å². The van der Waals surface area contributed by atoms with Gasteiger partial charge in [0.25, 0.3) is 0 Å². The highest BCUT2D eigenvalue weighted by Gasteiger charge is 2.25. The molecular formula is C24H34N6S. The summed E-state index contributed by atoms with van der Waals surface area (Å²) in [5, 5.41) is 7.06. The van der Waals surface area contributed by atoms with Crippen molar-refractivity contribution in [3.05, 3.63) is 42.0 Å². The zero-order valence-corrected chi connectivity index (χ0v) is 19.5. The van der Waals surface area contributed by atoms with Gasteiger partial charge in [0.15, 0.2) is 5.11 Å². The molecule has 1 aromatic heterocycles. The number of benzene rings is 1. The van der Waals surface area contributed by atoms with Gasteiger partial charge in [0.1, 0.15) is 11.6 Å². The van der Waals surface area contributed by atoms with Crippen LogP contribution in [-0.4, -0.2) is 41.3 Å². The first-order valence-corrected chi connectivity index (χ1v) is 12.0. The molecule has 166 valence electrons. The average molecular weight is 439 g/mol. The van der Waals surface area contributed by atoms with E-state index in [1.807, 2.05) is 18.2 Å². The lowest BCUT2D eigenvalue weighted by molar-refractivity contribution is 0.355. The van der Waals surface area contributed by atoms with E-state index < -0.39 is 0 Å². The van der Waals surface area contributed by atoms with Crippen LogP contribution >= 0.6 is 12.2 Å². The minimum atomic E-state index is 0.547. The summed E-state index contributed by atoms with van der Waals surface area (Å²) in [5.41, 5.74) is 1.19. The second-order valence-corrected chi connectivity index (χ2v) is 9.51. The van der Waals surface area contributed by atoms with Gasteiger partial charge in [-0.2, -0.15) is 9.97 Å². The summed E-state index contributed by atoms with van der Waals surface area (Å²) in [5.74, 6) is 3.92. The van der Waals surface area contributed by atoms with Gasteiger partial charge in [0, 0.05) is 38.8 Å². The molecule has 0 radical (unpaired) electrons. The van der Waals surface area contributed by atoms with Crippen LogP contribution in [0.25, 0.3) is 0 Å². The molecule has 0 aliphatic carbocycles. The smallest absolute Gasteiger partial charge is 0.232 e. The summed E-state index contributed by atoms with van der Waals surface area (Å²) in [6.07, 6.45) is 5.02. The Balaban J connectivity index is 1.51. The van der Waals surface area contributed by atoms with E-state index in [-0.39, 0.29) is 0 Å². The largest absolute Gasteiger partial charge is 0.358 e. The first-order chi connectivity index (χ1) is 15.1. The molecule has 0 amide bonds. The quantitative estimate of drug-likeness (QED) is 0.670. The number of aromatic nitrogens is 2. The number of piperidine rings is 2. The van der Waals surface area contributed by atoms with Gasteiger partial charge in [-0.3, -0.25) is 0 Å². The highest BCUT2D eigenvalue weighted by Crippen LogP contribution is 2.29. The number of nitrogens with zero attached hydrogens (tertiary/aromatic N) is 4. The van der Waals surface area contributed by atoms with Crippen molar-refractivity contribution in [1.82, 2.24) is 15.3 Å². The van der Waals surface area contributed by atoms with E-state index in [1.54, 1.807) is 0 Å². The number of thiocarbonyl (C=S) groups is 1. The number of rotatable bonds is 5. The van der Waals surface area contributed by atoms with Crippen LogP contribution in [0.2, 0.25) is 0 Å². The molecule has 0 unspecified atom stereocenters. The number of hydrogen-bond acceptors (Lipinski definition) is 5. The molecule has 4 rings (SSSR count). The van der Waals surface area contributed by atoms with Crippen LogP contribution in [0.3, 0.4) is 0 Å². The van der Waals surface area contributed by atoms with Gasteiger partial charge in [-0.25, -0.2) is 0 Å². The minimum absolute atomic E-state index is 0.547. The Labute approximate surface area is 191 Å². The summed E-state index contributed by atoms with van der Waals surface area (Å²) < 4.78 is 0. The summed E-state index contributed by atoms with van der Waals surface area (Å²) in [6, 6.07) is 12.4. The van der Waals surface area contributed by atoms with Crippen LogP contribution < -0.4 is 20.4 Å². The van der Waals surface area contributed by atoms with Crippen LogP contribution in [0.4, 0.5) is 17.6 Å². The molecule has 2 atom stereocenters. The number of nitrogens with one attached hydrogen (secondary N) is 2. The molecular weight excluding hydrogens is 404 g/mol. The molecule has 0 spiro atoms. The van der Waals surface area contributed by atoms with Gasteiger partial charge in [0.2, 0.25) is 5.95 Å². The first kappa shape index (κ1) is 21.8. The second kappa shape index (κ2) is 10.3. The maximum absolute atomic E-state index is 5.54. The van der Waals surface area contributed by atoms with Crippen LogP contribution in [0.1, 0.15) is 45.1 Å². The topological polar surface area (TPSA) is 56.3 Å². The lowest BCUT2D eigenvalue weighted by Crippen LogP contribution is -2.40. The Morgan fingerprint density at radius 1 is 0.968 bits per heavy atom. The molecule has 2 aliphatic heterocycles. The highest BCUT2D eigenvalue weighted by molar-refractivity contribution is 7.80. The molecule has 0 bridgehead atoms. The molecule has 6 nitrogen and oxygen atoms in total. The third-order valence-corrected chi connectivity index (χ3v) is 6.34. The van der Waals surface area contributed by atoms with Crippen molar-refractivity contribution in [2.75, 3.05) is 41.3 Å². The number of hydrogen-bond donors (Lipinski definition) is 2. The summed E-state index contributed by atoms with van der Waals surface area (Å²) in [4.78, 5) is 14.5. The van der Waals surface area contributed by atoms with Crippen molar-refractivity contribution in [3.63, 3.8) is 0 Å². The Morgan fingerprint density at radius 3 is 2.29 bits per heavy atom. The predicted molar refractivity (Wildman–Crippen MR) is 133 cm³/mol. The van der Waals surface area contributed by atoms with Crippen molar-refractivity contribution >= 4 is 34.9 Å². The van der Waals surface area contributed by atoms with Gasteiger partial charge in [-0.1, -0.05) is 44.2 Å². The monoisotopic (exact) mass is 438 g/mol. The zero-order valence-electron chi connectivity index (χ0n) is 18.7. The second-order valence-electron chi connectivity index (χ2n) is 9.10. The van der Waals surface area contributed by atoms with E-state index in [0.29, 0.717) is 29.4 Å². The lowest BCUT2D eigenvalue weighted by atomic mass is 9.92. The van der Waals surface area contributed by atoms with E-state index in [2.05, 4.69) is 52.5 Å². The van der Waals surface area contributed by atoms with E-state index in [0.717, 1.165) is 37.8 Å². The molecule has 2 fully saturated rings. The predicted octanol–water partition coefficient (Wildman–Crippen LogP) is 4.44. The molecule has 3 heterocycles. The van der Waals surface area contributed by atoms with Crippen molar-refractivity contribution < 1.29 is 0 Å². The third kappa shape index (κ3) is 6.06. The van der Waals surface area contributed by atoms with E-state index >= 15 is 0 Å². The van der Waals surface area contributed by atoms with Crippen LogP contribution in [0, 0.1) is 11.8 Å². The molecule has 31 heavy (non-hydrogen) atoms. The first-order valence-electron chi connectivity index (χ1n) is 11.5. The highest BCUT2D eigenvalue weighted by atomic mass is 32.1. The number of anilines is 3. The van der Waals surface area contributed by atoms with Crippen molar-refractivity contribution in [1.29, 1.82) is 0 Å². The third-order valence-electron chi connectivity index (χ3n) is 6.09. The Hall–Kier alpha value is -2.41. The molecule has 0 saturated carbocycles. The molecule has 2 aliphatic rings. The summed E-state index contributed by atoms with van der Waals surface area (Å²) in [7, 11) is 0. The molecule has 2 N–H and O–H groups in total. The lowest BCUT2D eigenvalue weighted by Gasteiger charge is -2.36. The van der Waals surface area contributed by atoms with Crippen molar-refractivity contribution in [2.24, 2.45) is 11.8 Å². The van der Waals surface area contributed by atoms with Crippen LogP contribution in [0.15, 0.2) is 36.4 Å². The molecule has 2 saturated heterocycles. The Bertz CT molecular complexity index is 858. The fraction of sp³-hybridized carbons (Fsp3) is 0.542. The summed E-state index contributed by atoms with van der Waals surface area (Å²) >= 11 is 5.54. The maximum Gasteiger partial charge on any atom is 0.232 e. The Morgan fingerprint density at radius 2 is 1.61 bits per heavy atom. The molecule has 7 heteroatoms. The standard InChI is InChI=1S/C24H34N6S/c1-18-13-19(2)17-30(16-18)22-14-21(29-11-7-4-8-12-29)26-23(27-22)28-24(31)25-15-20-9-5-3-6-10-20/h3,5-6,9-10,14,18-19H,4,7-8,11-13,15-17H2,1-2H3,(H2,25,26,27,28,31)/t18-,19+. The minimum Gasteiger partial charge on any atom is -0.358 e. The Kier molecular flexibility index (Phi) is 7.22. The molecule has 1 aromatic carbocycles. The van der Waals surface area contributed by atoms with E-state index in [4.69, 9.17) is 22.2 Å². The van der Waals surface area contributed by atoms with Gasteiger partial charge in [0.05, 0.1) is 0 Å².